The van der Waals surface area contributed by atoms with E-state index in [-0.39, 0.29) is 17.0 Å². The minimum atomic E-state index is -0.581. The van der Waals surface area contributed by atoms with E-state index in [1.807, 2.05) is 0 Å². The van der Waals surface area contributed by atoms with Crippen molar-refractivity contribution in [1.82, 2.24) is 5.43 Å². The van der Waals surface area contributed by atoms with E-state index in [9.17, 15) is 14.9 Å². The summed E-state index contributed by atoms with van der Waals surface area (Å²) in [6, 6.07) is 8.92. The number of benzene rings is 2. The molecular weight excluding hydrogens is 350 g/mol. The molecule has 2 aromatic carbocycles. The van der Waals surface area contributed by atoms with Gasteiger partial charge in [0.15, 0.2) is 11.5 Å². The van der Waals surface area contributed by atoms with Gasteiger partial charge in [-0.3, -0.25) is 14.9 Å². The Bertz CT molecular complexity index is 839. The Morgan fingerprint density at radius 2 is 1.92 bits per heavy atom. The highest BCUT2D eigenvalue weighted by Crippen LogP contribution is 2.33. The van der Waals surface area contributed by atoms with Crippen LogP contribution < -0.4 is 14.9 Å². The van der Waals surface area contributed by atoms with Crippen LogP contribution in [-0.4, -0.2) is 31.3 Å². The molecule has 0 aliphatic carbocycles. The van der Waals surface area contributed by atoms with Crippen LogP contribution in [0, 0.1) is 10.1 Å². The summed E-state index contributed by atoms with van der Waals surface area (Å²) in [4.78, 5) is 22.6. The van der Waals surface area contributed by atoms with Crippen molar-refractivity contribution in [1.29, 1.82) is 0 Å². The lowest BCUT2D eigenvalue weighted by atomic mass is 10.1. The van der Waals surface area contributed by atoms with E-state index < -0.39 is 10.8 Å². The van der Waals surface area contributed by atoms with Gasteiger partial charge in [-0.1, -0.05) is 17.7 Å². The summed E-state index contributed by atoms with van der Waals surface area (Å²) in [6.07, 6.45) is 1.16. The van der Waals surface area contributed by atoms with E-state index in [4.69, 9.17) is 21.1 Å². The van der Waals surface area contributed by atoms with Gasteiger partial charge in [-0.2, -0.15) is 5.10 Å². The lowest BCUT2D eigenvalue weighted by Gasteiger charge is -2.08. The smallest absolute Gasteiger partial charge is 0.282 e. The van der Waals surface area contributed by atoms with E-state index >= 15 is 0 Å². The molecule has 8 nitrogen and oxygen atoms in total. The minimum absolute atomic E-state index is 0.147. The summed E-state index contributed by atoms with van der Waals surface area (Å²) in [5.41, 5.74) is 2.51. The summed E-state index contributed by atoms with van der Waals surface area (Å²) >= 11 is 5.82. The molecule has 0 unspecified atom stereocenters. The Morgan fingerprint density at radius 1 is 1.24 bits per heavy atom. The number of nitrogens with one attached hydrogen (secondary N) is 1. The average molecular weight is 364 g/mol. The zero-order valence-corrected chi connectivity index (χ0v) is 14.1. The van der Waals surface area contributed by atoms with Gasteiger partial charge in [0.25, 0.3) is 11.6 Å². The molecular formula is C16H14ClN3O5. The lowest BCUT2D eigenvalue weighted by Crippen LogP contribution is -2.17. The van der Waals surface area contributed by atoms with Crippen LogP contribution in [0.4, 0.5) is 5.69 Å². The highest BCUT2D eigenvalue weighted by molar-refractivity contribution is 6.30. The molecule has 25 heavy (non-hydrogen) atoms. The van der Waals surface area contributed by atoms with Gasteiger partial charge in [-0.15, -0.1) is 0 Å². The number of methoxy groups -OCH3 is 2. The summed E-state index contributed by atoms with van der Waals surface area (Å²) in [5, 5.41) is 15.4. The molecule has 0 fully saturated rings. The first-order valence-corrected chi connectivity index (χ1v) is 7.33. The van der Waals surface area contributed by atoms with Crippen molar-refractivity contribution in [3.8, 4) is 11.5 Å². The maximum absolute atomic E-state index is 12.0. The molecule has 2 rings (SSSR count). The van der Waals surface area contributed by atoms with Crippen molar-refractivity contribution in [2.75, 3.05) is 14.2 Å². The third-order valence-electron chi connectivity index (χ3n) is 3.19. The molecule has 1 amide bonds. The third kappa shape index (κ3) is 4.45. The molecule has 1 N–H and O–H groups in total. The largest absolute Gasteiger partial charge is 0.493 e. The number of carbonyl (C=O) groups excluding carboxylic acids is 1. The summed E-state index contributed by atoms with van der Waals surface area (Å²) in [7, 11) is 2.78. The second-order valence-corrected chi connectivity index (χ2v) is 5.17. The van der Waals surface area contributed by atoms with E-state index in [0.29, 0.717) is 16.3 Å². The van der Waals surface area contributed by atoms with E-state index in [1.165, 1.54) is 32.4 Å². The molecule has 0 atom stereocenters. The Hall–Kier alpha value is -3.13. The van der Waals surface area contributed by atoms with Gasteiger partial charge in [0.1, 0.15) is 0 Å². The molecule has 0 spiro atoms. The first-order valence-electron chi connectivity index (χ1n) is 6.95. The predicted octanol–water partition coefficient (Wildman–Crippen LogP) is 3.03. The Labute approximate surface area is 148 Å². The number of ether oxygens (including phenoxy) is 2. The van der Waals surface area contributed by atoms with E-state index in [1.54, 1.807) is 18.2 Å². The standard InChI is InChI=1S/C16H14ClN3O5/c1-24-14-7-11(13(20(22)23)8-15(14)25-2)9-18-19-16(21)10-4-3-5-12(17)6-10/h3-9H,1-2H3,(H,19,21). The number of carbonyl (C=O) groups is 1. The lowest BCUT2D eigenvalue weighted by molar-refractivity contribution is -0.385. The van der Waals surface area contributed by atoms with Gasteiger partial charge in [0, 0.05) is 10.6 Å². The fourth-order valence-electron chi connectivity index (χ4n) is 2.00. The topological polar surface area (TPSA) is 103 Å². The van der Waals surface area contributed by atoms with Crippen molar-refractivity contribution in [2.45, 2.75) is 0 Å². The molecule has 9 heteroatoms. The number of nitrogens with zero attached hydrogens (tertiary/aromatic N) is 2. The van der Waals surface area contributed by atoms with E-state index in [0.717, 1.165) is 6.21 Å². The number of hydrogen-bond donors (Lipinski definition) is 1. The molecule has 0 aliphatic heterocycles. The molecule has 0 saturated carbocycles. The first-order chi connectivity index (χ1) is 12.0. The second kappa shape index (κ2) is 8.11. The van der Waals surface area contributed by atoms with Crippen LogP contribution >= 0.6 is 11.6 Å². The van der Waals surface area contributed by atoms with Crippen LogP contribution in [0.1, 0.15) is 15.9 Å². The molecule has 0 heterocycles. The van der Waals surface area contributed by atoms with Gasteiger partial charge in [0.2, 0.25) is 0 Å². The zero-order chi connectivity index (χ0) is 18.4. The van der Waals surface area contributed by atoms with Crippen LogP contribution in [-0.2, 0) is 0 Å². The molecule has 0 saturated heterocycles. The highest BCUT2D eigenvalue weighted by Gasteiger charge is 2.18. The van der Waals surface area contributed by atoms with Crippen molar-refractivity contribution in [3.05, 3.63) is 62.7 Å². The number of rotatable bonds is 6. The fourth-order valence-corrected chi connectivity index (χ4v) is 2.19. The highest BCUT2D eigenvalue weighted by atomic mass is 35.5. The van der Waals surface area contributed by atoms with Crippen LogP contribution in [0.15, 0.2) is 41.5 Å². The van der Waals surface area contributed by atoms with Crippen LogP contribution in [0.5, 0.6) is 11.5 Å². The predicted molar refractivity (Wildman–Crippen MR) is 92.7 cm³/mol. The van der Waals surface area contributed by atoms with E-state index in [2.05, 4.69) is 10.5 Å². The summed E-state index contributed by atoms with van der Waals surface area (Å²) < 4.78 is 10.1. The SMILES string of the molecule is COc1cc(C=NNC(=O)c2cccc(Cl)c2)c([N+](=O)[O-])cc1OC. The quantitative estimate of drug-likeness (QED) is 0.482. The Balaban J connectivity index is 2.25. The third-order valence-corrected chi connectivity index (χ3v) is 3.42. The van der Waals surface area contributed by atoms with Gasteiger partial charge in [-0.25, -0.2) is 5.43 Å². The number of hydrogen-bond acceptors (Lipinski definition) is 6. The maximum Gasteiger partial charge on any atom is 0.282 e. The van der Waals surface area contributed by atoms with Crippen molar-refractivity contribution in [3.63, 3.8) is 0 Å². The number of halogens is 1. The molecule has 130 valence electrons. The normalized spacial score (nSPS) is 10.5. The maximum atomic E-state index is 12.0. The number of amides is 1. The van der Waals surface area contributed by atoms with Gasteiger partial charge < -0.3 is 9.47 Å². The van der Waals surface area contributed by atoms with Crippen molar-refractivity contribution < 1.29 is 19.2 Å². The number of nitro benzene ring substituents is 1. The van der Waals surface area contributed by atoms with Crippen molar-refractivity contribution in [2.24, 2.45) is 5.10 Å². The minimum Gasteiger partial charge on any atom is -0.493 e. The van der Waals surface area contributed by atoms with Crippen LogP contribution in [0.3, 0.4) is 0 Å². The second-order valence-electron chi connectivity index (χ2n) is 4.73. The molecule has 0 bridgehead atoms. The molecule has 0 aliphatic rings. The summed E-state index contributed by atoms with van der Waals surface area (Å²) in [6.45, 7) is 0. The zero-order valence-electron chi connectivity index (χ0n) is 13.4. The Morgan fingerprint density at radius 3 is 2.52 bits per heavy atom. The fraction of sp³-hybridized carbons (Fsp3) is 0.125. The molecule has 2 aromatic rings. The monoisotopic (exact) mass is 363 g/mol. The first kappa shape index (κ1) is 18.2. The molecule has 0 radical (unpaired) electrons. The number of nitro groups is 1. The Kier molecular flexibility index (Phi) is 5.91. The average Bonchev–Trinajstić information content (AvgIpc) is 2.60. The molecule has 0 aromatic heterocycles. The van der Waals surface area contributed by atoms with Crippen molar-refractivity contribution >= 4 is 29.4 Å². The number of hydrazone groups is 1. The van der Waals surface area contributed by atoms with Gasteiger partial charge >= 0.3 is 0 Å². The van der Waals surface area contributed by atoms with Crippen LogP contribution in [0.25, 0.3) is 0 Å². The summed E-state index contributed by atoms with van der Waals surface area (Å²) in [5.74, 6) is 0.0203. The van der Waals surface area contributed by atoms with Gasteiger partial charge in [-0.05, 0) is 24.3 Å². The van der Waals surface area contributed by atoms with Crippen LogP contribution in [0.2, 0.25) is 5.02 Å². The van der Waals surface area contributed by atoms with Gasteiger partial charge in [0.05, 0.1) is 37.0 Å².